The molecule has 0 aliphatic heterocycles. The monoisotopic (exact) mass is 276 g/mol. The molecule has 0 spiro atoms. The quantitative estimate of drug-likeness (QED) is 0.716. The smallest absolute Gasteiger partial charge is 0.337 e. The Hall–Kier alpha value is -1.71. The molecule has 4 nitrogen and oxygen atoms in total. The first-order valence-corrected chi connectivity index (χ1v) is 7.50. The van der Waals surface area contributed by atoms with Crippen molar-refractivity contribution in [1.82, 2.24) is 0 Å². The van der Waals surface area contributed by atoms with Gasteiger partial charge in [-0.2, -0.15) is 0 Å². The molecule has 0 heterocycles. The van der Waals surface area contributed by atoms with Crippen LogP contribution in [0.3, 0.4) is 0 Å². The highest BCUT2D eigenvalue weighted by Gasteiger charge is 2.21. The Bertz CT molecular complexity index is 466. The third-order valence-electron chi connectivity index (χ3n) is 4.24. The van der Waals surface area contributed by atoms with Crippen LogP contribution in [0, 0.1) is 5.92 Å². The molecule has 1 fully saturated rings. The van der Waals surface area contributed by atoms with Crippen LogP contribution in [-0.4, -0.2) is 17.1 Å². The van der Waals surface area contributed by atoms with E-state index in [2.05, 4.69) is 12.2 Å². The number of benzene rings is 1. The largest absolute Gasteiger partial charge is 0.478 e. The van der Waals surface area contributed by atoms with Crippen molar-refractivity contribution in [2.75, 3.05) is 11.1 Å². The molecule has 4 N–H and O–H groups in total. The molecule has 2 rings (SSSR count). The lowest BCUT2D eigenvalue weighted by Crippen LogP contribution is -2.26. The molecule has 0 bridgehead atoms. The average molecular weight is 276 g/mol. The third-order valence-corrected chi connectivity index (χ3v) is 4.24. The molecular formula is C16H24N2O2. The van der Waals surface area contributed by atoms with E-state index in [0.29, 0.717) is 11.7 Å². The average Bonchev–Trinajstić information content (AvgIpc) is 2.43. The molecule has 1 aromatic rings. The molecule has 0 unspecified atom stereocenters. The molecule has 0 saturated heterocycles. The Morgan fingerprint density at radius 2 is 2.05 bits per heavy atom. The maximum Gasteiger partial charge on any atom is 0.337 e. The van der Waals surface area contributed by atoms with Gasteiger partial charge in [-0.05, 0) is 43.7 Å². The first-order chi connectivity index (χ1) is 9.61. The van der Waals surface area contributed by atoms with Crippen molar-refractivity contribution < 1.29 is 9.90 Å². The summed E-state index contributed by atoms with van der Waals surface area (Å²) in [5, 5.41) is 12.5. The number of carbonyl (C=O) groups is 1. The molecule has 1 aromatic carbocycles. The van der Waals surface area contributed by atoms with E-state index in [9.17, 15) is 4.79 Å². The predicted octanol–water partition coefficient (Wildman–Crippen LogP) is 3.74. The lowest BCUT2D eigenvalue weighted by molar-refractivity contribution is 0.0698. The van der Waals surface area contributed by atoms with E-state index in [0.717, 1.165) is 24.4 Å². The van der Waals surface area contributed by atoms with Crippen molar-refractivity contribution in [3.63, 3.8) is 0 Å². The van der Waals surface area contributed by atoms with E-state index in [1.165, 1.54) is 25.7 Å². The number of rotatable bonds is 5. The maximum absolute atomic E-state index is 11.1. The van der Waals surface area contributed by atoms with E-state index in [1.807, 2.05) is 6.07 Å². The maximum atomic E-state index is 11.1. The van der Waals surface area contributed by atoms with Crippen molar-refractivity contribution in [3.8, 4) is 0 Å². The Kier molecular flexibility index (Phi) is 4.88. The lowest BCUT2D eigenvalue weighted by atomic mass is 9.83. The van der Waals surface area contributed by atoms with Gasteiger partial charge in [-0.15, -0.1) is 0 Å². The van der Waals surface area contributed by atoms with Crippen molar-refractivity contribution in [2.45, 2.75) is 51.5 Å². The number of carboxylic acid groups (broad SMARTS) is 1. The van der Waals surface area contributed by atoms with Gasteiger partial charge in [0.25, 0.3) is 0 Å². The number of nitrogens with one attached hydrogen (secondary N) is 1. The summed E-state index contributed by atoms with van der Waals surface area (Å²) in [6.45, 7) is 2.24. The van der Waals surface area contributed by atoms with Crippen LogP contribution in [0.5, 0.6) is 0 Å². The fourth-order valence-corrected chi connectivity index (χ4v) is 3.10. The number of nitrogen functional groups attached to an aromatic ring is 1. The van der Waals surface area contributed by atoms with E-state index in [1.54, 1.807) is 12.1 Å². The summed E-state index contributed by atoms with van der Waals surface area (Å²) in [6, 6.07) is 5.56. The van der Waals surface area contributed by atoms with Crippen molar-refractivity contribution in [3.05, 3.63) is 23.8 Å². The number of aromatic carboxylic acids is 1. The predicted molar refractivity (Wildman–Crippen MR) is 82.1 cm³/mol. The minimum atomic E-state index is -0.974. The molecule has 1 aliphatic rings. The zero-order valence-electron chi connectivity index (χ0n) is 12.1. The van der Waals surface area contributed by atoms with Crippen LogP contribution in [0.1, 0.15) is 55.8 Å². The highest BCUT2D eigenvalue weighted by atomic mass is 16.4. The molecule has 1 aliphatic carbocycles. The van der Waals surface area contributed by atoms with E-state index >= 15 is 0 Å². The summed E-state index contributed by atoms with van der Waals surface area (Å²) >= 11 is 0. The van der Waals surface area contributed by atoms with Crippen molar-refractivity contribution >= 4 is 17.3 Å². The van der Waals surface area contributed by atoms with Crippen molar-refractivity contribution in [1.29, 1.82) is 0 Å². The number of carboxylic acids is 1. The zero-order valence-corrected chi connectivity index (χ0v) is 12.1. The summed E-state index contributed by atoms with van der Waals surface area (Å²) in [6.07, 6.45) is 7.37. The van der Waals surface area contributed by atoms with Gasteiger partial charge >= 0.3 is 5.97 Å². The molecule has 0 amide bonds. The van der Waals surface area contributed by atoms with Crippen LogP contribution < -0.4 is 11.1 Å². The Morgan fingerprint density at radius 3 is 2.65 bits per heavy atom. The first kappa shape index (κ1) is 14.7. The van der Waals surface area contributed by atoms with E-state index in [4.69, 9.17) is 10.8 Å². The second kappa shape index (κ2) is 6.64. The van der Waals surface area contributed by atoms with Gasteiger partial charge in [0.1, 0.15) is 0 Å². The van der Waals surface area contributed by atoms with Gasteiger partial charge in [0.2, 0.25) is 0 Å². The molecule has 4 heteroatoms. The van der Waals surface area contributed by atoms with Crippen LogP contribution in [0.4, 0.5) is 11.4 Å². The van der Waals surface area contributed by atoms with Crippen LogP contribution >= 0.6 is 0 Å². The van der Waals surface area contributed by atoms with Gasteiger partial charge < -0.3 is 16.2 Å². The minimum absolute atomic E-state index is 0.176. The second-order valence-corrected chi connectivity index (χ2v) is 5.72. The summed E-state index contributed by atoms with van der Waals surface area (Å²) in [5.41, 5.74) is 7.21. The molecule has 20 heavy (non-hydrogen) atoms. The number of anilines is 2. The standard InChI is InChI=1S/C16H24N2O2/c1-2-4-11-7-9-12(10-8-11)18-14-6-3-5-13(15(14)17)16(19)20/h3,5-6,11-12,18H,2,4,7-10,17H2,1H3,(H,19,20). The fraction of sp³-hybridized carbons (Fsp3) is 0.562. The van der Waals surface area contributed by atoms with Crippen LogP contribution in [-0.2, 0) is 0 Å². The van der Waals surface area contributed by atoms with Gasteiger partial charge in [0.15, 0.2) is 0 Å². The number of hydrogen-bond donors (Lipinski definition) is 3. The molecule has 0 aromatic heterocycles. The SMILES string of the molecule is CCCC1CCC(Nc2cccc(C(=O)O)c2N)CC1. The van der Waals surface area contributed by atoms with Gasteiger partial charge in [-0.1, -0.05) is 25.8 Å². The normalized spacial score (nSPS) is 22.4. The van der Waals surface area contributed by atoms with E-state index in [-0.39, 0.29) is 5.56 Å². The van der Waals surface area contributed by atoms with Gasteiger partial charge in [-0.25, -0.2) is 4.79 Å². The van der Waals surface area contributed by atoms with Crippen LogP contribution in [0.25, 0.3) is 0 Å². The second-order valence-electron chi connectivity index (χ2n) is 5.72. The Morgan fingerprint density at radius 1 is 1.35 bits per heavy atom. The first-order valence-electron chi connectivity index (χ1n) is 7.50. The fourth-order valence-electron chi connectivity index (χ4n) is 3.10. The van der Waals surface area contributed by atoms with Gasteiger partial charge in [0.05, 0.1) is 16.9 Å². The lowest BCUT2D eigenvalue weighted by Gasteiger charge is -2.30. The Balaban J connectivity index is 1.98. The summed E-state index contributed by atoms with van der Waals surface area (Å²) < 4.78 is 0. The summed E-state index contributed by atoms with van der Waals surface area (Å²) in [4.78, 5) is 11.1. The van der Waals surface area contributed by atoms with E-state index < -0.39 is 5.97 Å². The molecule has 0 atom stereocenters. The number of nitrogens with two attached hydrogens (primary N) is 1. The molecule has 1 saturated carbocycles. The van der Waals surface area contributed by atoms with Gasteiger partial charge in [0, 0.05) is 6.04 Å². The summed E-state index contributed by atoms with van der Waals surface area (Å²) in [5.74, 6) is -0.112. The summed E-state index contributed by atoms with van der Waals surface area (Å²) in [7, 11) is 0. The van der Waals surface area contributed by atoms with Crippen LogP contribution in [0.15, 0.2) is 18.2 Å². The number of para-hydroxylation sites is 1. The topological polar surface area (TPSA) is 75.3 Å². The minimum Gasteiger partial charge on any atom is -0.478 e. The molecule has 110 valence electrons. The highest BCUT2D eigenvalue weighted by Crippen LogP contribution is 2.31. The number of hydrogen-bond acceptors (Lipinski definition) is 3. The Labute approximate surface area is 120 Å². The van der Waals surface area contributed by atoms with Gasteiger partial charge in [-0.3, -0.25) is 0 Å². The highest BCUT2D eigenvalue weighted by molar-refractivity contribution is 5.97. The third kappa shape index (κ3) is 3.44. The molecule has 0 radical (unpaired) electrons. The van der Waals surface area contributed by atoms with Crippen LogP contribution in [0.2, 0.25) is 0 Å². The molecular weight excluding hydrogens is 252 g/mol. The zero-order chi connectivity index (χ0) is 14.5. The van der Waals surface area contributed by atoms with Crippen molar-refractivity contribution in [2.24, 2.45) is 5.92 Å².